The molecular formula is C17H12N2O3. The molecule has 0 spiro atoms. The van der Waals surface area contributed by atoms with Gasteiger partial charge in [-0.15, -0.1) is 0 Å². The van der Waals surface area contributed by atoms with E-state index < -0.39 is 0 Å². The molecule has 0 atom stereocenters. The van der Waals surface area contributed by atoms with Crippen molar-refractivity contribution < 1.29 is 13.9 Å². The van der Waals surface area contributed by atoms with Crippen LogP contribution in [0.4, 0.5) is 5.69 Å². The number of methoxy groups -OCH3 is 1. The van der Waals surface area contributed by atoms with Crippen LogP contribution in [0.1, 0.15) is 16.1 Å². The predicted octanol–water partition coefficient (Wildman–Crippen LogP) is 3.57. The zero-order valence-corrected chi connectivity index (χ0v) is 11.8. The van der Waals surface area contributed by atoms with Gasteiger partial charge in [0.15, 0.2) is 5.76 Å². The summed E-state index contributed by atoms with van der Waals surface area (Å²) in [6, 6.07) is 15.6. The van der Waals surface area contributed by atoms with Gasteiger partial charge in [0.2, 0.25) is 0 Å². The number of anilines is 1. The fourth-order valence-corrected chi connectivity index (χ4v) is 2.08. The molecule has 0 saturated carbocycles. The monoisotopic (exact) mass is 292 g/mol. The van der Waals surface area contributed by atoms with Crippen LogP contribution >= 0.6 is 0 Å². The van der Waals surface area contributed by atoms with Crippen LogP contribution in [0.15, 0.2) is 52.9 Å². The Morgan fingerprint density at radius 1 is 1.18 bits per heavy atom. The van der Waals surface area contributed by atoms with Crippen molar-refractivity contribution in [3.8, 4) is 11.8 Å². The number of amides is 1. The highest BCUT2D eigenvalue weighted by Crippen LogP contribution is 2.24. The summed E-state index contributed by atoms with van der Waals surface area (Å²) < 4.78 is 10.7. The van der Waals surface area contributed by atoms with Gasteiger partial charge in [-0.3, -0.25) is 4.79 Å². The second kappa shape index (κ2) is 5.62. The first-order valence-electron chi connectivity index (χ1n) is 6.59. The highest BCUT2D eigenvalue weighted by molar-refractivity contribution is 6.04. The molecule has 108 valence electrons. The average Bonchev–Trinajstić information content (AvgIpc) is 2.98. The summed E-state index contributed by atoms with van der Waals surface area (Å²) in [4.78, 5) is 12.2. The standard InChI is InChI=1S/C17H12N2O3/c1-21-14-6-7-15-12(8-14)9-16(22-15)17(20)19-13-4-2-11(10-18)3-5-13/h2-9H,1H3,(H,19,20). The van der Waals surface area contributed by atoms with Crippen LogP contribution in [0.3, 0.4) is 0 Å². The van der Waals surface area contributed by atoms with E-state index in [1.165, 1.54) is 0 Å². The normalized spacial score (nSPS) is 10.2. The largest absolute Gasteiger partial charge is 0.497 e. The first-order valence-corrected chi connectivity index (χ1v) is 6.59. The van der Waals surface area contributed by atoms with Crippen molar-refractivity contribution >= 4 is 22.6 Å². The summed E-state index contributed by atoms with van der Waals surface area (Å²) in [5.41, 5.74) is 1.75. The molecule has 0 aliphatic heterocycles. The Hall–Kier alpha value is -3.26. The Morgan fingerprint density at radius 2 is 1.95 bits per heavy atom. The zero-order valence-electron chi connectivity index (χ0n) is 11.8. The van der Waals surface area contributed by atoms with Crippen molar-refractivity contribution in [2.24, 2.45) is 0 Å². The summed E-state index contributed by atoms with van der Waals surface area (Å²) in [5.74, 6) is 0.569. The fourth-order valence-electron chi connectivity index (χ4n) is 2.08. The minimum Gasteiger partial charge on any atom is -0.497 e. The van der Waals surface area contributed by atoms with Crippen molar-refractivity contribution in [1.82, 2.24) is 0 Å². The van der Waals surface area contributed by atoms with Crippen molar-refractivity contribution in [2.75, 3.05) is 12.4 Å². The lowest BCUT2D eigenvalue weighted by Crippen LogP contribution is -2.10. The highest BCUT2D eigenvalue weighted by atomic mass is 16.5. The maximum absolute atomic E-state index is 12.2. The highest BCUT2D eigenvalue weighted by Gasteiger charge is 2.13. The maximum atomic E-state index is 12.2. The van der Waals surface area contributed by atoms with Gasteiger partial charge in [0.25, 0.3) is 5.91 Å². The number of nitriles is 1. The Labute approximate surface area is 126 Å². The van der Waals surface area contributed by atoms with E-state index in [-0.39, 0.29) is 11.7 Å². The van der Waals surface area contributed by atoms with Gasteiger partial charge in [0.1, 0.15) is 11.3 Å². The second-order valence-electron chi connectivity index (χ2n) is 4.66. The first-order chi connectivity index (χ1) is 10.7. The topological polar surface area (TPSA) is 75.3 Å². The molecule has 0 aliphatic rings. The predicted molar refractivity (Wildman–Crippen MR) is 81.9 cm³/mol. The molecule has 1 heterocycles. The van der Waals surface area contributed by atoms with Crippen LogP contribution < -0.4 is 10.1 Å². The van der Waals surface area contributed by atoms with Crippen molar-refractivity contribution in [3.63, 3.8) is 0 Å². The zero-order chi connectivity index (χ0) is 15.5. The van der Waals surface area contributed by atoms with E-state index >= 15 is 0 Å². The van der Waals surface area contributed by atoms with Crippen LogP contribution in [0.25, 0.3) is 11.0 Å². The number of hydrogen-bond acceptors (Lipinski definition) is 4. The van der Waals surface area contributed by atoms with E-state index in [1.54, 1.807) is 55.6 Å². The number of carbonyl (C=O) groups excluding carboxylic acids is 1. The van der Waals surface area contributed by atoms with Crippen LogP contribution in [0.2, 0.25) is 0 Å². The first kappa shape index (κ1) is 13.7. The summed E-state index contributed by atoms with van der Waals surface area (Å²) >= 11 is 0. The van der Waals surface area contributed by atoms with Gasteiger partial charge >= 0.3 is 0 Å². The van der Waals surface area contributed by atoms with Gasteiger partial charge in [0, 0.05) is 11.1 Å². The summed E-state index contributed by atoms with van der Waals surface area (Å²) in [6.07, 6.45) is 0. The van der Waals surface area contributed by atoms with Gasteiger partial charge in [-0.1, -0.05) is 0 Å². The molecule has 0 radical (unpaired) electrons. The Balaban J connectivity index is 1.83. The van der Waals surface area contributed by atoms with Gasteiger partial charge < -0.3 is 14.5 Å². The minimum atomic E-state index is -0.347. The van der Waals surface area contributed by atoms with Crippen LogP contribution in [-0.4, -0.2) is 13.0 Å². The van der Waals surface area contributed by atoms with E-state index in [1.807, 2.05) is 6.07 Å². The quantitative estimate of drug-likeness (QED) is 0.800. The van der Waals surface area contributed by atoms with E-state index in [4.69, 9.17) is 14.4 Å². The van der Waals surface area contributed by atoms with Gasteiger partial charge in [-0.05, 0) is 48.5 Å². The molecule has 2 aromatic carbocycles. The van der Waals surface area contributed by atoms with Crippen molar-refractivity contribution in [3.05, 3.63) is 59.9 Å². The van der Waals surface area contributed by atoms with E-state index in [9.17, 15) is 4.79 Å². The van der Waals surface area contributed by atoms with E-state index in [0.717, 1.165) is 5.39 Å². The number of carbonyl (C=O) groups is 1. The molecule has 1 amide bonds. The molecule has 3 aromatic rings. The third-order valence-electron chi connectivity index (χ3n) is 3.22. The third-order valence-corrected chi connectivity index (χ3v) is 3.22. The molecular weight excluding hydrogens is 280 g/mol. The smallest absolute Gasteiger partial charge is 0.291 e. The van der Waals surface area contributed by atoms with Gasteiger partial charge in [-0.25, -0.2) is 0 Å². The Morgan fingerprint density at radius 3 is 2.64 bits per heavy atom. The molecule has 0 aliphatic carbocycles. The Bertz CT molecular complexity index is 873. The van der Waals surface area contributed by atoms with E-state index in [2.05, 4.69) is 5.32 Å². The molecule has 22 heavy (non-hydrogen) atoms. The van der Waals surface area contributed by atoms with E-state index in [0.29, 0.717) is 22.6 Å². The van der Waals surface area contributed by atoms with Crippen LogP contribution in [0, 0.1) is 11.3 Å². The lowest BCUT2D eigenvalue weighted by molar-refractivity contribution is 0.0998. The molecule has 0 unspecified atom stereocenters. The number of rotatable bonds is 3. The second-order valence-corrected chi connectivity index (χ2v) is 4.66. The number of nitrogens with zero attached hydrogens (tertiary/aromatic N) is 1. The molecule has 0 bridgehead atoms. The lowest BCUT2D eigenvalue weighted by Gasteiger charge is -2.02. The Kier molecular flexibility index (Phi) is 3.50. The number of ether oxygens (including phenoxy) is 1. The number of fused-ring (bicyclic) bond motifs is 1. The third kappa shape index (κ3) is 2.63. The molecule has 1 N–H and O–H groups in total. The number of nitrogens with one attached hydrogen (secondary N) is 1. The summed E-state index contributed by atoms with van der Waals surface area (Å²) in [7, 11) is 1.58. The maximum Gasteiger partial charge on any atom is 0.291 e. The molecule has 0 saturated heterocycles. The molecule has 5 heteroatoms. The van der Waals surface area contributed by atoms with Crippen molar-refractivity contribution in [1.29, 1.82) is 5.26 Å². The summed E-state index contributed by atoms with van der Waals surface area (Å²) in [5, 5.41) is 12.3. The SMILES string of the molecule is COc1ccc2oc(C(=O)Nc3ccc(C#N)cc3)cc2c1. The molecule has 3 rings (SSSR count). The molecule has 0 fully saturated rings. The summed E-state index contributed by atoms with van der Waals surface area (Å²) in [6.45, 7) is 0. The van der Waals surface area contributed by atoms with Gasteiger partial charge in [-0.2, -0.15) is 5.26 Å². The van der Waals surface area contributed by atoms with Gasteiger partial charge in [0.05, 0.1) is 18.7 Å². The lowest BCUT2D eigenvalue weighted by atomic mass is 10.2. The number of benzene rings is 2. The average molecular weight is 292 g/mol. The number of furan rings is 1. The van der Waals surface area contributed by atoms with Crippen LogP contribution in [-0.2, 0) is 0 Å². The molecule has 1 aromatic heterocycles. The number of hydrogen-bond donors (Lipinski definition) is 1. The van der Waals surface area contributed by atoms with Crippen LogP contribution in [0.5, 0.6) is 5.75 Å². The fraction of sp³-hybridized carbons (Fsp3) is 0.0588. The van der Waals surface area contributed by atoms with Crippen molar-refractivity contribution in [2.45, 2.75) is 0 Å². The minimum absolute atomic E-state index is 0.215. The molecule has 5 nitrogen and oxygen atoms in total.